The van der Waals surface area contributed by atoms with Crippen LogP contribution in [-0.4, -0.2) is 18.0 Å². The van der Waals surface area contributed by atoms with E-state index in [1.54, 1.807) is 45.2 Å². The number of pyridine rings is 1. The highest BCUT2D eigenvalue weighted by Crippen LogP contribution is 2.18. The number of ether oxygens (including phenoxy) is 1. The summed E-state index contributed by atoms with van der Waals surface area (Å²) < 4.78 is 5.12. The zero-order valence-corrected chi connectivity index (χ0v) is 13.9. The number of carbonyl (C=O) groups excluding carboxylic acids is 1. The van der Waals surface area contributed by atoms with Crippen LogP contribution in [0.2, 0.25) is 0 Å². The summed E-state index contributed by atoms with van der Waals surface area (Å²) in [5.74, 6) is 0.519. The molecule has 0 aliphatic heterocycles. The molecule has 1 amide bonds. The van der Waals surface area contributed by atoms with E-state index < -0.39 is 5.56 Å². The first kappa shape index (κ1) is 17.3. The van der Waals surface area contributed by atoms with Gasteiger partial charge in [-0.05, 0) is 43.5 Å². The molecule has 124 valence electrons. The lowest BCUT2D eigenvalue weighted by Gasteiger charge is -2.11. The standard InChI is InChI=1S/C18H19N3O3/c1-11-15(12(2)20-18(23)16(11)10-19)7-8-17(22)21-13-5-4-6-14(9-13)24-3/h4-6,9H,7-8H2,1-3H3,(H,20,23)(H,21,22). The van der Waals surface area contributed by atoms with E-state index in [9.17, 15) is 9.59 Å². The second-order valence-electron chi connectivity index (χ2n) is 5.45. The fourth-order valence-electron chi connectivity index (χ4n) is 2.58. The van der Waals surface area contributed by atoms with E-state index >= 15 is 0 Å². The average molecular weight is 325 g/mol. The Morgan fingerprint density at radius 2 is 2.12 bits per heavy atom. The highest BCUT2D eigenvalue weighted by atomic mass is 16.5. The summed E-state index contributed by atoms with van der Waals surface area (Å²) in [4.78, 5) is 26.5. The Morgan fingerprint density at radius 3 is 2.79 bits per heavy atom. The Morgan fingerprint density at radius 1 is 1.38 bits per heavy atom. The van der Waals surface area contributed by atoms with Crippen molar-refractivity contribution in [3.05, 3.63) is 57.0 Å². The zero-order valence-electron chi connectivity index (χ0n) is 13.9. The number of hydrogen-bond acceptors (Lipinski definition) is 4. The fourth-order valence-corrected chi connectivity index (χ4v) is 2.58. The number of nitriles is 1. The van der Waals surface area contributed by atoms with E-state index in [0.717, 1.165) is 5.56 Å². The Balaban J connectivity index is 2.09. The molecule has 0 saturated heterocycles. The third kappa shape index (κ3) is 3.82. The van der Waals surface area contributed by atoms with Gasteiger partial charge in [-0.3, -0.25) is 9.59 Å². The quantitative estimate of drug-likeness (QED) is 0.882. The molecule has 1 aromatic carbocycles. The SMILES string of the molecule is COc1cccc(NC(=O)CCc2c(C)[nH]c(=O)c(C#N)c2C)c1. The lowest BCUT2D eigenvalue weighted by Crippen LogP contribution is -2.18. The van der Waals surface area contributed by atoms with Gasteiger partial charge in [0.05, 0.1) is 7.11 Å². The van der Waals surface area contributed by atoms with Gasteiger partial charge in [0.25, 0.3) is 5.56 Å². The molecule has 0 spiro atoms. The lowest BCUT2D eigenvalue weighted by atomic mass is 9.99. The van der Waals surface area contributed by atoms with Gasteiger partial charge in [0, 0.05) is 23.9 Å². The first-order chi connectivity index (χ1) is 11.5. The Hall–Kier alpha value is -3.07. The van der Waals surface area contributed by atoms with Gasteiger partial charge in [-0.15, -0.1) is 0 Å². The number of anilines is 1. The second-order valence-corrected chi connectivity index (χ2v) is 5.45. The first-order valence-corrected chi connectivity index (χ1v) is 7.52. The molecular formula is C18H19N3O3. The summed E-state index contributed by atoms with van der Waals surface area (Å²) in [6, 6.07) is 9.03. The smallest absolute Gasteiger partial charge is 0.266 e. The third-order valence-electron chi connectivity index (χ3n) is 3.88. The molecular weight excluding hydrogens is 306 g/mol. The summed E-state index contributed by atoms with van der Waals surface area (Å²) >= 11 is 0. The van der Waals surface area contributed by atoms with Crippen LogP contribution in [0.4, 0.5) is 5.69 Å². The molecule has 0 radical (unpaired) electrons. The molecule has 1 heterocycles. The Labute approximate surface area is 140 Å². The van der Waals surface area contributed by atoms with E-state index in [2.05, 4.69) is 10.3 Å². The second kappa shape index (κ2) is 7.47. The molecule has 24 heavy (non-hydrogen) atoms. The predicted octanol–water partition coefficient (Wildman–Crippen LogP) is 2.44. The van der Waals surface area contributed by atoms with E-state index in [1.165, 1.54) is 0 Å². The van der Waals surface area contributed by atoms with Crippen molar-refractivity contribution >= 4 is 11.6 Å². The summed E-state index contributed by atoms with van der Waals surface area (Å²) in [5.41, 5.74) is 2.51. The van der Waals surface area contributed by atoms with Gasteiger partial charge in [0.15, 0.2) is 0 Å². The summed E-state index contributed by atoms with van der Waals surface area (Å²) in [5, 5.41) is 11.9. The minimum absolute atomic E-state index is 0.101. The highest BCUT2D eigenvalue weighted by molar-refractivity contribution is 5.91. The Bertz CT molecular complexity index is 863. The molecule has 0 aliphatic rings. The lowest BCUT2D eigenvalue weighted by molar-refractivity contribution is -0.116. The number of rotatable bonds is 5. The molecule has 0 unspecified atom stereocenters. The van der Waals surface area contributed by atoms with Gasteiger partial charge in [0.1, 0.15) is 17.4 Å². The molecule has 0 atom stereocenters. The third-order valence-corrected chi connectivity index (χ3v) is 3.88. The van der Waals surface area contributed by atoms with Crippen LogP contribution in [-0.2, 0) is 11.2 Å². The molecule has 0 bridgehead atoms. The van der Waals surface area contributed by atoms with Gasteiger partial charge >= 0.3 is 0 Å². The van der Waals surface area contributed by atoms with Crippen molar-refractivity contribution in [1.29, 1.82) is 5.26 Å². The number of carbonyl (C=O) groups is 1. The number of nitrogens with one attached hydrogen (secondary N) is 2. The van der Waals surface area contributed by atoms with E-state index in [0.29, 0.717) is 29.1 Å². The molecule has 0 saturated carbocycles. The van der Waals surface area contributed by atoms with E-state index in [4.69, 9.17) is 10.00 Å². The number of aromatic nitrogens is 1. The van der Waals surface area contributed by atoms with Crippen molar-refractivity contribution in [2.75, 3.05) is 12.4 Å². The minimum atomic E-state index is -0.392. The molecule has 0 fully saturated rings. The number of amides is 1. The van der Waals surface area contributed by atoms with Gasteiger partial charge in [-0.2, -0.15) is 5.26 Å². The molecule has 2 rings (SSSR count). The van der Waals surface area contributed by atoms with Crippen LogP contribution in [0.3, 0.4) is 0 Å². The van der Waals surface area contributed by atoms with Gasteiger partial charge in [-0.1, -0.05) is 6.07 Å². The summed E-state index contributed by atoms with van der Waals surface area (Å²) in [6.45, 7) is 3.50. The van der Waals surface area contributed by atoms with Gasteiger partial charge in [-0.25, -0.2) is 0 Å². The van der Waals surface area contributed by atoms with Crippen LogP contribution in [0, 0.1) is 25.2 Å². The van der Waals surface area contributed by atoms with E-state index in [1.807, 2.05) is 6.07 Å². The molecule has 6 heteroatoms. The van der Waals surface area contributed by atoms with Crippen LogP contribution in [0.15, 0.2) is 29.1 Å². The maximum atomic E-state index is 12.1. The highest BCUT2D eigenvalue weighted by Gasteiger charge is 2.13. The summed E-state index contributed by atoms with van der Waals surface area (Å²) in [7, 11) is 1.56. The summed E-state index contributed by atoms with van der Waals surface area (Å²) in [6.07, 6.45) is 0.689. The number of methoxy groups -OCH3 is 1. The topological polar surface area (TPSA) is 95.0 Å². The number of H-pyrrole nitrogens is 1. The van der Waals surface area contributed by atoms with Crippen molar-refractivity contribution in [1.82, 2.24) is 4.98 Å². The van der Waals surface area contributed by atoms with Crippen LogP contribution >= 0.6 is 0 Å². The van der Waals surface area contributed by atoms with E-state index in [-0.39, 0.29) is 17.9 Å². The number of aryl methyl sites for hydroxylation is 1. The van der Waals surface area contributed by atoms with Crippen molar-refractivity contribution in [2.45, 2.75) is 26.7 Å². The van der Waals surface area contributed by atoms with Crippen molar-refractivity contribution in [2.24, 2.45) is 0 Å². The van der Waals surface area contributed by atoms with Crippen LogP contribution in [0.1, 0.15) is 28.8 Å². The Kier molecular flexibility index (Phi) is 5.38. The monoisotopic (exact) mass is 325 g/mol. The van der Waals surface area contributed by atoms with Crippen LogP contribution in [0.5, 0.6) is 5.75 Å². The molecule has 2 aromatic rings. The van der Waals surface area contributed by atoms with Gasteiger partial charge in [0.2, 0.25) is 5.91 Å². The number of aromatic amines is 1. The van der Waals surface area contributed by atoms with Crippen molar-refractivity contribution in [3.8, 4) is 11.8 Å². The molecule has 2 N–H and O–H groups in total. The molecule has 1 aromatic heterocycles. The zero-order chi connectivity index (χ0) is 17.7. The largest absolute Gasteiger partial charge is 0.497 e. The number of benzene rings is 1. The molecule has 6 nitrogen and oxygen atoms in total. The minimum Gasteiger partial charge on any atom is -0.497 e. The molecule has 0 aliphatic carbocycles. The van der Waals surface area contributed by atoms with Crippen molar-refractivity contribution in [3.63, 3.8) is 0 Å². The maximum absolute atomic E-state index is 12.1. The fraction of sp³-hybridized carbons (Fsp3) is 0.278. The van der Waals surface area contributed by atoms with Gasteiger partial charge < -0.3 is 15.0 Å². The predicted molar refractivity (Wildman–Crippen MR) is 91.2 cm³/mol. The van der Waals surface area contributed by atoms with Crippen molar-refractivity contribution < 1.29 is 9.53 Å². The van der Waals surface area contributed by atoms with Crippen LogP contribution < -0.4 is 15.6 Å². The maximum Gasteiger partial charge on any atom is 0.266 e. The number of nitrogens with zero attached hydrogens (tertiary/aromatic N) is 1. The van der Waals surface area contributed by atoms with Crippen LogP contribution in [0.25, 0.3) is 0 Å². The first-order valence-electron chi connectivity index (χ1n) is 7.52. The number of hydrogen-bond donors (Lipinski definition) is 2. The average Bonchev–Trinajstić information content (AvgIpc) is 2.54. The normalized spacial score (nSPS) is 10.1.